The van der Waals surface area contributed by atoms with Crippen LogP contribution in [0.4, 0.5) is 14.9 Å². The molecule has 1 saturated heterocycles. The van der Waals surface area contributed by atoms with Gasteiger partial charge in [0.2, 0.25) is 0 Å². The van der Waals surface area contributed by atoms with E-state index in [2.05, 4.69) is 15.7 Å². The zero-order valence-corrected chi connectivity index (χ0v) is 24.1. The fourth-order valence-corrected chi connectivity index (χ4v) is 5.75. The SMILES string of the molecule is CCOC(=O)Cn1nc(C2CCNCC2)c2c(-c3cc4c(cnn4C)cc3F)ccc(NC(=O)OCc3ccccc3)c21. The molecule has 1 amide bonds. The summed E-state index contributed by atoms with van der Waals surface area (Å²) in [6, 6.07) is 16.1. The third kappa shape index (κ3) is 5.80. The van der Waals surface area contributed by atoms with Crippen LogP contribution in [0.5, 0.6) is 0 Å². The Hall–Kier alpha value is -4.77. The molecule has 0 atom stereocenters. The summed E-state index contributed by atoms with van der Waals surface area (Å²) in [5, 5.41) is 16.8. The van der Waals surface area contributed by atoms with E-state index in [1.807, 2.05) is 37.4 Å². The van der Waals surface area contributed by atoms with Crippen molar-refractivity contribution < 1.29 is 23.5 Å². The molecule has 3 heterocycles. The van der Waals surface area contributed by atoms with Crippen LogP contribution in [0.3, 0.4) is 0 Å². The first-order chi connectivity index (χ1) is 20.9. The lowest BCUT2D eigenvalue weighted by molar-refractivity contribution is -0.143. The molecule has 1 aliphatic heterocycles. The Balaban J connectivity index is 1.50. The van der Waals surface area contributed by atoms with Gasteiger partial charge in [-0.25, -0.2) is 9.18 Å². The van der Waals surface area contributed by atoms with Crippen LogP contribution in [0.1, 0.15) is 36.9 Å². The number of hydrogen-bond donors (Lipinski definition) is 2. The number of aryl methyl sites for hydroxylation is 1. The van der Waals surface area contributed by atoms with Crippen molar-refractivity contribution in [3.05, 3.63) is 77.9 Å². The molecular formula is C32H33FN6O4. The number of anilines is 1. The van der Waals surface area contributed by atoms with Crippen LogP contribution in [0.2, 0.25) is 0 Å². The van der Waals surface area contributed by atoms with Crippen molar-refractivity contribution >= 4 is 39.6 Å². The molecule has 0 aliphatic carbocycles. The molecule has 222 valence electrons. The predicted molar refractivity (Wildman–Crippen MR) is 161 cm³/mol. The van der Waals surface area contributed by atoms with Gasteiger partial charge < -0.3 is 14.8 Å². The molecule has 2 N–H and O–H groups in total. The molecule has 2 aromatic heterocycles. The molecule has 0 unspecified atom stereocenters. The van der Waals surface area contributed by atoms with Gasteiger partial charge in [0, 0.05) is 29.3 Å². The summed E-state index contributed by atoms with van der Waals surface area (Å²) in [5.74, 6) is -0.803. The summed E-state index contributed by atoms with van der Waals surface area (Å²) in [4.78, 5) is 25.7. The monoisotopic (exact) mass is 584 g/mol. The van der Waals surface area contributed by atoms with E-state index in [0.717, 1.165) is 42.7 Å². The van der Waals surface area contributed by atoms with Gasteiger partial charge in [-0.05, 0) is 62.2 Å². The van der Waals surface area contributed by atoms with Gasteiger partial charge in [0.25, 0.3) is 0 Å². The highest BCUT2D eigenvalue weighted by Gasteiger charge is 2.28. The Kier molecular flexibility index (Phi) is 8.06. The standard InChI is InChI=1S/C32H33FN6O4/c1-3-42-28(40)18-39-31-26(36-32(41)43-19-20-7-5-4-6-8-20)10-9-23(29(31)30(37-39)21-11-13-34-14-12-21)24-16-27-22(15-25(24)33)17-35-38(27)2/h4-10,15-17,21,34H,3,11-14,18-19H2,1-2H3,(H,36,41). The number of halogens is 1. The van der Waals surface area contributed by atoms with Crippen LogP contribution in [-0.2, 0) is 34.5 Å². The number of fused-ring (bicyclic) bond motifs is 2. The molecule has 11 heteroatoms. The average molecular weight is 585 g/mol. The molecule has 5 aromatic rings. The Morgan fingerprint density at radius 1 is 1.07 bits per heavy atom. The first kappa shape index (κ1) is 28.4. The second-order valence-electron chi connectivity index (χ2n) is 10.6. The summed E-state index contributed by atoms with van der Waals surface area (Å²) < 4.78 is 29.8. The highest BCUT2D eigenvalue weighted by atomic mass is 19.1. The van der Waals surface area contributed by atoms with Crippen LogP contribution in [0.25, 0.3) is 32.9 Å². The lowest BCUT2D eigenvalue weighted by Crippen LogP contribution is -2.27. The van der Waals surface area contributed by atoms with Gasteiger partial charge in [0.05, 0.1) is 35.2 Å². The zero-order chi connectivity index (χ0) is 29.9. The zero-order valence-electron chi connectivity index (χ0n) is 24.1. The molecule has 0 saturated carbocycles. The Labute approximate surface area is 247 Å². The normalized spacial score (nSPS) is 13.8. The highest BCUT2D eigenvalue weighted by Crippen LogP contribution is 2.42. The number of esters is 1. The number of hydrogen-bond acceptors (Lipinski definition) is 7. The van der Waals surface area contributed by atoms with E-state index in [1.54, 1.807) is 40.7 Å². The minimum Gasteiger partial charge on any atom is -0.465 e. The number of nitrogens with zero attached hydrogens (tertiary/aromatic N) is 4. The van der Waals surface area contributed by atoms with Gasteiger partial charge in [-0.15, -0.1) is 0 Å². The van der Waals surface area contributed by atoms with E-state index in [4.69, 9.17) is 14.6 Å². The smallest absolute Gasteiger partial charge is 0.412 e. The average Bonchev–Trinajstić information content (AvgIpc) is 3.57. The van der Waals surface area contributed by atoms with Crippen LogP contribution >= 0.6 is 0 Å². The van der Waals surface area contributed by atoms with Crippen molar-refractivity contribution in [1.82, 2.24) is 24.9 Å². The van der Waals surface area contributed by atoms with Crippen LogP contribution in [0, 0.1) is 5.82 Å². The molecular weight excluding hydrogens is 551 g/mol. The van der Waals surface area contributed by atoms with Gasteiger partial charge in [0.1, 0.15) is 19.0 Å². The predicted octanol–water partition coefficient (Wildman–Crippen LogP) is 5.51. The van der Waals surface area contributed by atoms with E-state index in [0.29, 0.717) is 33.1 Å². The Morgan fingerprint density at radius 2 is 1.86 bits per heavy atom. The Bertz CT molecular complexity index is 1790. The molecule has 3 aromatic carbocycles. The number of aromatic nitrogens is 4. The molecule has 43 heavy (non-hydrogen) atoms. The topological polar surface area (TPSA) is 112 Å². The van der Waals surface area contributed by atoms with Gasteiger partial charge in [-0.1, -0.05) is 36.4 Å². The number of ether oxygens (including phenoxy) is 2. The van der Waals surface area contributed by atoms with E-state index in [1.165, 1.54) is 6.07 Å². The molecule has 0 bridgehead atoms. The maximum Gasteiger partial charge on any atom is 0.412 e. The quantitative estimate of drug-likeness (QED) is 0.231. The van der Waals surface area contributed by atoms with Gasteiger partial charge >= 0.3 is 12.1 Å². The molecule has 6 rings (SSSR count). The first-order valence-electron chi connectivity index (χ1n) is 14.4. The summed E-state index contributed by atoms with van der Waals surface area (Å²) in [6.07, 6.45) is 2.62. The minimum atomic E-state index is -0.660. The third-order valence-electron chi connectivity index (χ3n) is 7.81. The number of carbonyl (C=O) groups is 2. The van der Waals surface area contributed by atoms with Gasteiger partial charge in [-0.2, -0.15) is 10.2 Å². The van der Waals surface area contributed by atoms with Crippen LogP contribution in [0.15, 0.2) is 60.8 Å². The molecule has 0 radical (unpaired) electrons. The van der Waals surface area contributed by atoms with Crippen molar-refractivity contribution in [2.75, 3.05) is 25.0 Å². The molecule has 0 spiro atoms. The van der Waals surface area contributed by atoms with Crippen molar-refractivity contribution in [3.8, 4) is 11.1 Å². The van der Waals surface area contributed by atoms with Gasteiger partial charge in [0.15, 0.2) is 0 Å². The second kappa shape index (κ2) is 12.2. The number of carbonyl (C=O) groups excluding carboxylic acids is 2. The maximum absolute atomic E-state index is 15.8. The fraction of sp³-hybridized carbons (Fsp3) is 0.312. The van der Waals surface area contributed by atoms with Crippen molar-refractivity contribution in [1.29, 1.82) is 0 Å². The molecule has 10 nitrogen and oxygen atoms in total. The lowest BCUT2D eigenvalue weighted by atomic mass is 9.89. The van der Waals surface area contributed by atoms with E-state index in [9.17, 15) is 9.59 Å². The summed E-state index contributed by atoms with van der Waals surface area (Å²) in [5.41, 5.74) is 4.27. The number of benzene rings is 3. The number of amides is 1. The Morgan fingerprint density at radius 3 is 2.63 bits per heavy atom. The summed E-state index contributed by atoms with van der Waals surface area (Å²) in [6.45, 7) is 3.50. The van der Waals surface area contributed by atoms with E-state index in [-0.39, 0.29) is 25.7 Å². The maximum atomic E-state index is 15.8. The molecule has 1 fully saturated rings. The van der Waals surface area contributed by atoms with Crippen molar-refractivity contribution in [2.24, 2.45) is 7.05 Å². The van der Waals surface area contributed by atoms with Crippen LogP contribution < -0.4 is 10.6 Å². The van der Waals surface area contributed by atoms with E-state index < -0.39 is 17.9 Å². The number of nitrogens with one attached hydrogen (secondary N) is 2. The second-order valence-corrected chi connectivity index (χ2v) is 10.6. The van der Waals surface area contributed by atoms with Crippen molar-refractivity contribution in [2.45, 2.75) is 38.8 Å². The first-order valence-corrected chi connectivity index (χ1v) is 14.4. The summed E-state index contributed by atoms with van der Waals surface area (Å²) in [7, 11) is 1.81. The van der Waals surface area contributed by atoms with Crippen molar-refractivity contribution in [3.63, 3.8) is 0 Å². The van der Waals surface area contributed by atoms with E-state index >= 15 is 4.39 Å². The molecule has 1 aliphatic rings. The van der Waals surface area contributed by atoms with Gasteiger partial charge in [-0.3, -0.25) is 19.5 Å². The fourth-order valence-electron chi connectivity index (χ4n) is 5.75. The third-order valence-corrected chi connectivity index (χ3v) is 7.81. The largest absolute Gasteiger partial charge is 0.465 e. The minimum absolute atomic E-state index is 0.0646. The number of piperidine rings is 1. The number of rotatable bonds is 8. The highest BCUT2D eigenvalue weighted by molar-refractivity contribution is 6.07. The lowest BCUT2D eigenvalue weighted by Gasteiger charge is -2.22. The van der Waals surface area contributed by atoms with Crippen LogP contribution in [-0.4, -0.2) is 51.3 Å². The summed E-state index contributed by atoms with van der Waals surface area (Å²) >= 11 is 0.